The molecule has 27 heavy (non-hydrogen) atoms. The number of rotatable bonds is 6. The van der Waals surface area contributed by atoms with Crippen molar-refractivity contribution in [3.63, 3.8) is 0 Å². The van der Waals surface area contributed by atoms with Crippen molar-refractivity contribution in [3.05, 3.63) is 21.9 Å². The Morgan fingerprint density at radius 3 is 3.04 bits per heavy atom. The van der Waals surface area contributed by atoms with E-state index >= 15 is 0 Å². The third-order valence-electron chi connectivity index (χ3n) is 5.01. The number of thiophene rings is 1. The standard InChI is InChI=1S/C19H30N4O2S.HI/c1-3-20-18(22-14-19(2)8-4-11-25-19)21-9-5-17(24)23-10-6-16-15(13-23)7-12-26-16;/h7,12H,3-6,8-11,13-14H2,1-2H3,(H2,20,21,22);1H. The molecule has 6 nitrogen and oxygen atoms in total. The summed E-state index contributed by atoms with van der Waals surface area (Å²) in [5.41, 5.74) is 1.16. The second-order valence-corrected chi connectivity index (χ2v) is 8.21. The Morgan fingerprint density at radius 1 is 1.44 bits per heavy atom. The highest BCUT2D eigenvalue weighted by Gasteiger charge is 2.29. The number of amides is 1. The summed E-state index contributed by atoms with van der Waals surface area (Å²) in [6.45, 7) is 8.60. The number of hydrogen-bond acceptors (Lipinski definition) is 4. The Balaban J connectivity index is 0.00000261. The molecule has 2 aliphatic rings. The predicted octanol–water partition coefficient (Wildman–Crippen LogP) is 2.77. The Kier molecular flexibility index (Phi) is 8.81. The zero-order chi connectivity index (χ0) is 18.4. The van der Waals surface area contributed by atoms with Crippen molar-refractivity contribution in [2.24, 2.45) is 4.99 Å². The van der Waals surface area contributed by atoms with Crippen molar-refractivity contribution < 1.29 is 9.53 Å². The van der Waals surface area contributed by atoms with Crippen molar-refractivity contribution in [1.82, 2.24) is 15.5 Å². The van der Waals surface area contributed by atoms with E-state index in [0.29, 0.717) is 19.5 Å². The summed E-state index contributed by atoms with van der Waals surface area (Å²) in [5, 5.41) is 8.65. The second kappa shape index (κ2) is 10.6. The molecule has 1 aromatic rings. The van der Waals surface area contributed by atoms with E-state index < -0.39 is 0 Å². The number of fused-ring (bicyclic) bond motifs is 1. The predicted molar refractivity (Wildman–Crippen MR) is 121 cm³/mol. The zero-order valence-corrected chi connectivity index (χ0v) is 19.4. The van der Waals surface area contributed by atoms with Gasteiger partial charge in [0.1, 0.15) is 0 Å². The van der Waals surface area contributed by atoms with Crippen LogP contribution in [0, 0.1) is 0 Å². The van der Waals surface area contributed by atoms with Crippen molar-refractivity contribution >= 4 is 47.2 Å². The molecule has 0 saturated carbocycles. The lowest BCUT2D eigenvalue weighted by atomic mass is 10.0. The molecule has 2 aliphatic heterocycles. The molecule has 1 aromatic heterocycles. The number of nitrogens with one attached hydrogen (secondary N) is 2. The molecule has 0 aliphatic carbocycles. The summed E-state index contributed by atoms with van der Waals surface area (Å²) in [4.78, 5) is 20.5. The second-order valence-electron chi connectivity index (χ2n) is 7.21. The summed E-state index contributed by atoms with van der Waals surface area (Å²) in [6.07, 6.45) is 3.62. The first-order chi connectivity index (χ1) is 12.6. The van der Waals surface area contributed by atoms with Crippen LogP contribution in [0.5, 0.6) is 0 Å². The molecule has 0 bridgehead atoms. The van der Waals surface area contributed by atoms with Crippen LogP contribution < -0.4 is 10.6 Å². The van der Waals surface area contributed by atoms with Gasteiger partial charge in [-0.2, -0.15) is 0 Å². The van der Waals surface area contributed by atoms with E-state index in [4.69, 9.17) is 4.74 Å². The lowest BCUT2D eigenvalue weighted by Gasteiger charge is -2.27. The van der Waals surface area contributed by atoms with Crippen LogP contribution >= 0.6 is 35.3 Å². The van der Waals surface area contributed by atoms with Crippen LogP contribution in [0.2, 0.25) is 0 Å². The van der Waals surface area contributed by atoms with E-state index in [9.17, 15) is 4.79 Å². The van der Waals surface area contributed by atoms with Crippen molar-refractivity contribution in [2.45, 2.75) is 51.7 Å². The Morgan fingerprint density at radius 2 is 2.30 bits per heavy atom. The summed E-state index contributed by atoms with van der Waals surface area (Å²) in [6, 6.07) is 2.14. The van der Waals surface area contributed by atoms with Crippen molar-refractivity contribution in [3.8, 4) is 0 Å². The van der Waals surface area contributed by atoms with Crippen LogP contribution in [-0.4, -0.2) is 55.2 Å². The monoisotopic (exact) mass is 506 g/mol. The molecule has 8 heteroatoms. The van der Waals surface area contributed by atoms with Gasteiger partial charge in [0.05, 0.1) is 12.1 Å². The molecule has 0 radical (unpaired) electrons. The highest BCUT2D eigenvalue weighted by Crippen LogP contribution is 2.25. The number of hydrogen-bond donors (Lipinski definition) is 2. The first kappa shape index (κ1) is 22.4. The number of halogens is 1. The van der Waals surface area contributed by atoms with Gasteiger partial charge in [0.2, 0.25) is 5.91 Å². The molecular weight excluding hydrogens is 475 g/mol. The maximum atomic E-state index is 12.5. The zero-order valence-electron chi connectivity index (χ0n) is 16.3. The Labute approximate surface area is 183 Å². The van der Waals surface area contributed by atoms with Crippen LogP contribution in [0.3, 0.4) is 0 Å². The van der Waals surface area contributed by atoms with Gasteiger partial charge >= 0.3 is 0 Å². The summed E-state index contributed by atoms with van der Waals surface area (Å²) in [5.74, 6) is 0.965. The highest BCUT2D eigenvalue weighted by atomic mass is 127. The molecule has 0 spiro atoms. The van der Waals surface area contributed by atoms with E-state index in [0.717, 1.165) is 51.5 Å². The number of nitrogens with zero attached hydrogens (tertiary/aromatic N) is 2. The van der Waals surface area contributed by atoms with Gasteiger partial charge in [0.15, 0.2) is 5.96 Å². The molecule has 3 rings (SSSR count). The Bertz CT molecular complexity index is 643. The molecule has 1 amide bonds. The molecule has 3 heterocycles. The van der Waals surface area contributed by atoms with Crippen molar-refractivity contribution in [2.75, 3.05) is 32.8 Å². The fraction of sp³-hybridized carbons (Fsp3) is 0.684. The third-order valence-corrected chi connectivity index (χ3v) is 6.03. The maximum Gasteiger partial charge on any atom is 0.224 e. The fourth-order valence-electron chi connectivity index (χ4n) is 3.46. The normalized spacial score (nSPS) is 22.1. The lowest BCUT2D eigenvalue weighted by Crippen LogP contribution is -2.42. The van der Waals surface area contributed by atoms with Crippen molar-refractivity contribution in [1.29, 1.82) is 0 Å². The highest BCUT2D eigenvalue weighted by molar-refractivity contribution is 14.0. The first-order valence-corrected chi connectivity index (χ1v) is 10.5. The minimum atomic E-state index is -0.149. The van der Waals surface area contributed by atoms with E-state index in [1.807, 2.05) is 11.8 Å². The number of carbonyl (C=O) groups is 1. The minimum absolute atomic E-state index is 0. The number of ether oxygens (including phenoxy) is 1. The van der Waals surface area contributed by atoms with E-state index in [-0.39, 0.29) is 35.5 Å². The van der Waals surface area contributed by atoms with Crippen LogP contribution in [0.4, 0.5) is 0 Å². The van der Waals surface area contributed by atoms with E-state index in [1.165, 1.54) is 10.4 Å². The summed E-state index contributed by atoms with van der Waals surface area (Å²) < 4.78 is 5.79. The van der Waals surface area contributed by atoms with Crippen LogP contribution in [0.1, 0.15) is 43.6 Å². The van der Waals surface area contributed by atoms with Crippen LogP contribution in [0.15, 0.2) is 16.4 Å². The Hall–Kier alpha value is -0.870. The first-order valence-electron chi connectivity index (χ1n) is 9.59. The van der Waals surface area contributed by atoms with E-state index in [2.05, 4.69) is 34.0 Å². The topological polar surface area (TPSA) is 66.0 Å². The average molecular weight is 506 g/mol. The van der Waals surface area contributed by atoms with E-state index in [1.54, 1.807) is 11.3 Å². The number of carbonyl (C=O) groups excluding carboxylic acids is 1. The van der Waals surface area contributed by atoms with Gasteiger partial charge in [0, 0.05) is 44.1 Å². The molecule has 1 unspecified atom stereocenters. The molecule has 152 valence electrons. The summed E-state index contributed by atoms with van der Waals surface area (Å²) in [7, 11) is 0. The summed E-state index contributed by atoms with van der Waals surface area (Å²) >= 11 is 1.80. The van der Waals surface area contributed by atoms with Gasteiger partial charge in [-0.25, -0.2) is 0 Å². The van der Waals surface area contributed by atoms with Gasteiger partial charge in [-0.15, -0.1) is 35.3 Å². The van der Waals surface area contributed by atoms with Gasteiger partial charge < -0.3 is 20.3 Å². The largest absolute Gasteiger partial charge is 0.373 e. The molecular formula is C19H31IN4O2S. The van der Waals surface area contributed by atoms with Gasteiger partial charge in [-0.3, -0.25) is 9.79 Å². The number of guanidine groups is 1. The molecule has 0 aromatic carbocycles. The SMILES string of the molecule is CCNC(=NCC1(C)CCCO1)NCCC(=O)N1CCc2sccc2C1.I. The van der Waals surface area contributed by atoms with Gasteiger partial charge in [0.25, 0.3) is 0 Å². The van der Waals surface area contributed by atoms with Gasteiger partial charge in [-0.05, 0) is 50.1 Å². The average Bonchev–Trinajstić information content (AvgIpc) is 3.28. The van der Waals surface area contributed by atoms with Crippen LogP contribution in [0.25, 0.3) is 0 Å². The smallest absolute Gasteiger partial charge is 0.224 e. The maximum absolute atomic E-state index is 12.5. The lowest BCUT2D eigenvalue weighted by molar-refractivity contribution is -0.131. The molecule has 1 fully saturated rings. The molecule has 2 N–H and O–H groups in total. The van der Waals surface area contributed by atoms with Crippen LogP contribution in [-0.2, 0) is 22.5 Å². The quantitative estimate of drug-likeness (QED) is 0.354. The minimum Gasteiger partial charge on any atom is -0.373 e. The molecule has 1 atom stereocenters. The fourth-order valence-corrected chi connectivity index (χ4v) is 4.35. The molecule has 1 saturated heterocycles. The third kappa shape index (κ3) is 6.32. The van der Waals surface area contributed by atoms with Gasteiger partial charge in [-0.1, -0.05) is 0 Å². The number of aliphatic imine (C=N–C) groups is 1.